The van der Waals surface area contributed by atoms with Gasteiger partial charge in [0.2, 0.25) is 0 Å². The van der Waals surface area contributed by atoms with E-state index in [4.69, 9.17) is 9.97 Å². The van der Waals surface area contributed by atoms with Crippen LogP contribution in [-0.2, 0) is 0 Å². The molecule has 0 fully saturated rings. The second-order valence-corrected chi connectivity index (χ2v) is 19.1. The predicted octanol–water partition coefficient (Wildman–Crippen LogP) is 17.1. The van der Waals surface area contributed by atoms with Crippen LogP contribution in [0, 0.1) is 0 Å². The second kappa shape index (κ2) is 15.2. The molecule has 0 aliphatic rings. The molecule has 70 heavy (non-hydrogen) atoms. The molecule has 10 aromatic carbocycles. The summed E-state index contributed by atoms with van der Waals surface area (Å²) < 4.78 is 9.67. The Morgan fingerprint density at radius 2 is 0.914 bits per heavy atom. The topological polar surface area (TPSA) is 40.6 Å². The molecule has 15 aromatic rings. The van der Waals surface area contributed by atoms with Crippen molar-refractivity contribution in [3.05, 3.63) is 237 Å². The molecule has 0 saturated carbocycles. The lowest BCUT2D eigenvalue weighted by atomic mass is 9.98. The molecule has 6 heteroatoms. The number of thiophene rings is 1. The van der Waals surface area contributed by atoms with Crippen molar-refractivity contribution in [3.8, 4) is 50.8 Å². The molecule has 0 N–H and O–H groups in total. The molecule has 0 aliphatic heterocycles. The third kappa shape index (κ3) is 5.71. The van der Waals surface area contributed by atoms with Gasteiger partial charge in [-0.1, -0.05) is 164 Å². The number of aromatic nitrogens is 5. The Balaban J connectivity index is 1.06. The first-order valence-electron chi connectivity index (χ1n) is 23.7. The van der Waals surface area contributed by atoms with Crippen LogP contribution in [0.15, 0.2) is 237 Å². The number of benzene rings is 10. The quantitative estimate of drug-likeness (QED) is 0.167. The average molecular weight is 910 g/mol. The van der Waals surface area contributed by atoms with Crippen molar-refractivity contribution in [1.82, 2.24) is 23.7 Å². The molecular formula is C64H39N5S. The summed E-state index contributed by atoms with van der Waals surface area (Å²) in [7, 11) is 0. The zero-order valence-electron chi connectivity index (χ0n) is 37.7. The van der Waals surface area contributed by atoms with E-state index in [0.29, 0.717) is 0 Å². The molecular weight excluding hydrogens is 871 g/mol. The summed E-state index contributed by atoms with van der Waals surface area (Å²) in [5.74, 6) is 0.718. The van der Waals surface area contributed by atoms with Gasteiger partial charge in [0.05, 0.1) is 54.7 Å². The number of fused-ring (bicyclic) bond motifs is 13. The molecule has 0 bridgehead atoms. The fourth-order valence-corrected chi connectivity index (χ4v) is 12.4. The monoisotopic (exact) mass is 909 g/mol. The number of rotatable bonds is 6. The summed E-state index contributed by atoms with van der Waals surface area (Å²) in [6, 6.07) is 85.7. The molecule has 5 aromatic heterocycles. The Labute approximate surface area is 406 Å². The minimum atomic E-state index is 0.718. The lowest BCUT2D eigenvalue weighted by Crippen LogP contribution is -2.00. The van der Waals surface area contributed by atoms with Crippen molar-refractivity contribution in [2.24, 2.45) is 0 Å². The molecule has 0 spiro atoms. The van der Waals surface area contributed by atoms with E-state index in [1.165, 1.54) is 59.1 Å². The normalized spacial score (nSPS) is 12.0. The maximum Gasteiger partial charge on any atom is 0.160 e. The van der Waals surface area contributed by atoms with Crippen LogP contribution in [0.25, 0.3) is 137 Å². The van der Waals surface area contributed by atoms with Crippen LogP contribution in [0.3, 0.4) is 0 Å². The lowest BCUT2D eigenvalue weighted by molar-refractivity contribution is 1.17. The van der Waals surface area contributed by atoms with Crippen LogP contribution in [-0.4, -0.2) is 23.7 Å². The van der Waals surface area contributed by atoms with Gasteiger partial charge >= 0.3 is 0 Å². The third-order valence-corrected chi connectivity index (χ3v) is 15.4. The summed E-state index contributed by atoms with van der Waals surface area (Å²) in [5, 5.41) is 8.44. The number of para-hydroxylation sites is 4. The molecule has 0 amide bonds. The van der Waals surface area contributed by atoms with Crippen molar-refractivity contribution in [3.63, 3.8) is 0 Å². The smallest absolute Gasteiger partial charge is 0.160 e. The Hall–Kier alpha value is -9.10. The van der Waals surface area contributed by atoms with Gasteiger partial charge in [0.25, 0.3) is 0 Å². The predicted molar refractivity (Wildman–Crippen MR) is 294 cm³/mol. The first-order valence-corrected chi connectivity index (χ1v) is 24.6. The first-order chi connectivity index (χ1) is 34.7. The van der Waals surface area contributed by atoms with Gasteiger partial charge in [-0.25, -0.2) is 9.97 Å². The van der Waals surface area contributed by atoms with E-state index >= 15 is 0 Å². The highest BCUT2D eigenvalue weighted by Gasteiger charge is 2.25. The van der Waals surface area contributed by atoms with Crippen LogP contribution in [0.1, 0.15) is 0 Å². The zero-order chi connectivity index (χ0) is 45.9. The van der Waals surface area contributed by atoms with E-state index in [9.17, 15) is 0 Å². The number of nitrogens with zero attached hydrogens (tertiary/aromatic N) is 5. The molecule has 0 atom stereocenters. The van der Waals surface area contributed by atoms with Gasteiger partial charge < -0.3 is 13.7 Å². The fraction of sp³-hybridized carbons (Fsp3) is 0. The molecule has 0 saturated heterocycles. The maximum atomic E-state index is 5.43. The Kier molecular flexibility index (Phi) is 8.46. The SMILES string of the molecule is c1ccc(-c2nc(-c3ccc(-n4c5ccc(-n6c7ccccc7c7ccccc76)cc5c5ccc6c(c7ccccc7n6-c6ccccc6)c54)c(-c4ccccc4)c3)c3sc4ccccc4c3n2)cc1. The van der Waals surface area contributed by atoms with Gasteiger partial charge in [-0.3, -0.25) is 0 Å². The van der Waals surface area contributed by atoms with E-state index in [1.807, 2.05) is 6.07 Å². The van der Waals surface area contributed by atoms with Crippen LogP contribution in [0.5, 0.6) is 0 Å². The van der Waals surface area contributed by atoms with E-state index < -0.39 is 0 Å². The highest BCUT2D eigenvalue weighted by molar-refractivity contribution is 7.26. The summed E-state index contributed by atoms with van der Waals surface area (Å²) in [4.78, 5) is 10.7. The van der Waals surface area contributed by atoms with E-state index in [0.717, 1.165) is 77.5 Å². The summed E-state index contributed by atoms with van der Waals surface area (Å²) >= 11 is 1.76. The highest BCUT2D eigenvalue weighted by Crippen LogP contribution is 2.46. The second-order valence-electron chi connectivity index (χ2n) is 18.1. The minimum Gasteiger partial charge on any atom is -0.309 e. The summed E-state index contributed by atoms with van der Waals surface area (Å²) in [6.07, 6.45) is 0. The van der Waals surface area contributed by atoms with Crippen LogP contribution >= 0.6 is 11.3 Å². The largest absolute Gasteiger partial charge is 0.309 e. The van der Waals surface area contributed by atoms with Crippen molar-refractivity contribution in [2.75, 3.05) is 0 Å². The Morgan fingerprint density at radius 3 is 1.64 bits per heavy atom. The molecule has 15 rings (SSSR count). The minimum absolute atomic E-state index is 0.718. The number of hydrogen-bond acceptors (Lipinski definition) is 3. The van der Waals surface area contributed by atoms with Gasteiger partial charge in [0.1, 0.15) is 0 Å². The average Bonchev–Trinajstić information content (AvgIpc) is 4.17. The summed E-state index contributed by atoms with van der Waals surface area (Å²) in [6.45, 7) is 0. The van der Waals surface area contributed by atoms with Gasteiger partial charge in [0, 0.05) is 70.5 Å². The Bertz CT molecular complexity index is 4530. The van der Waals surface area contributed by atoms with Gasteiger partial charge in [-0.05, 0) is 78.4 Å². The van der Waals surface area contributed by atoms with Crippen molar-refractivity contribution < 1.29 is 0 Å². The van der Waals surface area contributed by atoms with Crippen LogP contribution in [0.4, 0.5) is 0 Å². The number of hydrogen-bond donors (Lipinski definition) is 0. The molecule has 0 radical (unpaired) electrons. The van der Waals surface area contributed by atoms with Crippen molar-refractivity contribution in [2.45, 2.75) is 0 Å². The molecule has 5 nitrogen and oxygen atoms in total. The first kappa shape index (κ1) is 38.9. The summed E-state index contributed by atoms with van der Waals surface area (Å²) in [5.41, 5.74) is 16.5. The van der Waals surface area contributed by atoms with Crippen LogP contribution < -0.4 is 0 Å². The molecule has 0 unspecified atom stereocenters. The van der Waals surface area contributed by atoms with Gasteiger partial charge in [0.15, 0.2) is 5.82 Å². The van der Waals surface area contributed by atoms with E-state index in [1.54, 1.807) is 11.3 Å². The fourth-order valence-electron chi connectivity index (χ4n) is 11.2. The van der Waals surface area contributed by atoms with Gasteiger partial charge in [-0.2, -0.15) is 0 Å². The standard InChI is InChI=1S/C64H39N5S/c1-4-18-40(19-5-1)50-38-42(60-63-61(49-27-13-17-31-58(49)70-63)66-64(65-60)41-20-6-2-7-21-41)32-35-55(50)69-56-36-33-44(68-52-28-14-10-24-45(52)46-25-11-15-29-53(46)68)39-51(56)47-34-37-57-59(62(47)69)48-26-12-16-30-54(48)67(57)43-22-8-3-9-23-43/h1-39H. The van der Waals surface area contributed by atoms with Crippen molar-refractivity contribution in [1.29, 1.82) is 0 Å². The van der Waals surface area contributed by atoms with Gasteiger partial charge in [-0.15, -0.1) is 11.3 Å². The zero-order valence-corrected chi connectivity index (χ0v) is 38.5. The molecule has 0 aliphatic carbocycles. The van der Waals surface area contributed by atoms with E-state index in [-0.39, 0.29) is 0 Å². The third-order valence-electron chi connectivity index (χ3n) is 14.2. The van der Waals surface area contributed by atoms with E-state index in [2.05, 4.69) is 244 Å². The lowest BCUT2D eigenvalue weighted by Gasteiger charge is -2.17. The molecule has 326 valence electrons. The Morgan fingerprint density at radius 1 is 0.343 bits per heavy atom. The molecule has 5 heterocycles. The van der Waals surface area contributed by atoms with Crippen molar-refractivity contribution >= 4 is 97.1 Å². The maximum absolute atomic E-state index is 5.43. The van der Waals surface area contributed by atoms with Crippen LogP contribution in [0.2, 0.25) is 0 Å². The highest BCUT2D eigenvalue weighted by atomic mass is 32.1.